The third kappa shape index (κ3) is 3.63. The van der Waals surface area contributed by atoms with Crippen molar-refractivity contribution in [2.45, 2.75) is 26.3 Å². The third-order valence-electron chi connectivity index (χ3n) is 3.09. The standard InChI is InChI=1S/C14H19N5O2/c1-11(2)18(6-3-7-20)14(21)12-4-5-13(16-8-12)19-10-15-9-17-19/h4-5,8-11,20H,3,6-7H2,1-2H3. The minimum Gasteiger partial charge on any atom is -0.396 e. The summed E-state index contributed by atoms with van der Waals surface area (Å²) in [6.45, 7) is 4.50. The minimum absolute atomic E-state index is 0.0686. The first-order valence-corrected chi connectivity index (χ1v) is 6.86. The highest BCUT2D eigenvalue weighted by Crippen LogP contribution is 2.10. The molecule has 1 amide bonds. The molecular formula is C14H19N5O2. The molecule has 0 aliphatic rings. The molecule has 0 unspecified atom stereocenters. The lowest BCUT2D eigenvalue weighted by Gasteiger charge is -2.26. The number of rotatable bonds is 6. The Morgan fingerprint density at radius 3 is 2.76 bits per heavy atom. The summed E-state index contributed by atoms with van der Waals surface area (Å²) in [5.74, 6) is 0.520. The molecule has 0 saturated heterocycles. The van der Waals surface area contributed by atoms with E-state index in [1.54, 1.807) is 23.4 Å². The normalized spacial score (nSPS) is 10.9. The molecule has 0 radical (unpaired) electrons. The first-order valence-electron chi connectivity index (χ1n) is 6.86. The van der Waals surface area contributed by atoms with Crippen LogP contribution < -0.4 is 0 Å². The Kier molecular flexibility index (Phi) is 4.99. The predicted octanol–water partition coefficient (Wildman–Crippen LogP) is 0.895. The SMILES string of the molecule is CC(C)N(CCCO)C(=O)c1ccc(-n2cncn2)nc1. The van der Waals surface area contributed by atoms with Crippen molar-refractivity contribution in [2.24, 2.45) is 0 Å². The number of nitrogens with zero attached hydrogens (tertiary/aromatic N) is 5. The highest BCUT2D eigenvalue weighted by molar-refractivity contribution is 5.94. The zero-order valence-electron chi connectivity index (χ0n) is 12.2. The highest BCUT2D eigenvalue weighted by Gasteiger charge is 2.18. The van der Waals surface area contributed by atoms with Crippen LogP contribution in [0.25, 0.3) is 5.82 Å². The van der Waals surface area contributed by atoms with Gasteiger partial charge in [-0.2, -0.15) is 5.10 Å². The maximum atomic E-state index is 12.5. The number of pyridine rings is 1. The monoisotopic (exact) mass is 289 g/mol. The molecule has 112 valence electrons. The van der Waals surface area contributed by atoms with Crippen LogP contribution in [0.5, 0.6) is 0 Å². The summed E-state index contributed by atoms with van der Waals surface area (Å²) in [5.41, 5.74) is 0.519. The van der Waals surface area contributed by atoms with Crippen molar-refractivity contribution in [3.63, 3.8) is 0 Å². The van der Waals surface area contributed by atoms with Gasteiger partial charge in [-0.15, -0.1) is 0 Å². The second-order valence-corrected chi connectivity index (χ2v) is 4.91. The Hall–Kier alpha value is -2.28. The molecule has 2 rings (SSSR count). The van der Waals surface area contributed by atoms with Crippen LogP contribution in [-0.4, -0.2) is 54.9 Å². The molecule has 0 atom stereocenters. The van der Waals surface area contributed by atoms with Gasteiger partial charge in [-0.1, -0.05) is 0 Å². The molecule has 21 heavy (non-hydrogen) atoms. The van der Waals surface area contributed by atoms with Gasteiger partial charge in [-0.25, -0.2) is 14.6 Å². The van der Waals surface area contributed by atoms with Gasteiger partial charge in [0.15, 0.2) is 5.82 Å². The summed E-state index contributed by atoms with van der Waals surface area (Å²) in [4.78, 5) is 22.3. The zero-order chi connectivity index (χ0) is 15.2. The van der Waals surface area contributed by atoms with Crippen LogP contribution in [0.3, 0.4) is 0 Å². The summed E-state index contributed by atoms with van der Waals surface area (Å²) >= 11 is 0. The van der Waals surface area contributed by atoms with Gasteiger partial charge in [-0.05, 0) is 32.4 Å². The van der Waals surface area contributed by atoms with E-state index in [9.17, 15) is 4.79 Å². The van der Waals surface area contributed by atoms with Crippen LogP contribution in [0.15, 0.2) is 31.0 Å². The molecule has 2 heterocycles. The Bertz CT molecular complexity index is 566. The van der Waals surface area contributed by atoms with E-state index in [0.29, 0.717) is 24.3 Å². The summed E-state index contributed by atoms with van der Waals surface area (Å²) in [7, 11) is 0. The molecule has 0 aromatic carbocycles. The quantitative estimate of drug-likeness (QED) is 0.854. The number of carbonyl (C=O) groups is 1. The van der Waals surface area contributed by atoms with Gasteiger partial charge in [0.1, 0.15) is 12.7 Å². The summed E-state index contributed by atoms with van der Waals surface area (Å²) < 4.78 is 1.53. The average Bonchev–Trinajstić information content (AvgIpc) is 3.01. The Balaban J connectivity index is 2.14. The fraction of sp³-hybridized carbons (Fsp3) is 0.429. The lowest BCUT2D eigenvalue weighted by atomic mass is 10.2. The summed E-state index contributed by atoms with van der Waals surface area (Å²) in [5, 5.41) is 12.9. The van der Waals surface area contributed by atoms with Crippen LogP contribution in [-0.2, 0) is 0 Å². The molecule has 0 aliphatic heterocycles. The Morgan fingerprint density at radius 1 is 1.43 bits per heavy atom. The molecule has 0 spiro atoms. The maximum absolute atomic E-state index is 12.5. The van der Waals surface area contributed by atoms with Crippen molar-refractivity contribution in [1.82, 2.24) is 24.6 Å². The molecule has 7 nitrogen and oxygen atoms in total. The molecule has 0 fully saturated rings. The summed E-state index contributed by atoms with van der Waals surface area (Å²) in [6, 6.07) is 3.52. The van der Waals surface area contributed by atoms with Crippen molar-refractivity contribution < 1.29 is 9.90 Å². The van der Waals surface area contributed by atoms with Crippen LogP contribution in [0.4, 0.5) is 0 Å². The number of hydrogen-bond acceptors (Lipinski definition) is 5. The van der Waals surface area contributed by atoms with Gasteiger partial charge in [-0.3, -0.25) is 4.79 Å². The Morgan fingerprint density at radius 2 is 2.24 bits per heavy atom. The van der Waals surface area contributed by atoms with Crippen LogP contribution in [0.1, 0.15) is 30.6 Å². The second kappa shape index (κ2) is 6.94. The van der Waals surface area contributed by atoms with E-state index in [2.05, 4.69) is 15.1 Å². The molecule has 2 aromatic rings. The Labute approximate surface area is 123 Å². The number of carbonyl (C=O) groups excluding carboxylic acids is 1. The third-order valence-corrected chi connectivity index (χ3v) is 3.09. The van der Waals surface area contributed by atoms with Gasteiger partial charge >= 0.3 is 0 Å². The van der Waals surface area contributed by atoms with Crippen molar-refractivity contribution in [1.29, 1.82) is 0 Å². The second-order valence-electron chi connectivity index (χ2n) is 4.91. The number of aromatic nitrogens is 4. The average molecular weight is 289 g/mol. The number of amides is 1. The van der Waals surface area contributed by atoms with Crippen LogP contribution in [0.2, 0.25) is 0 Å². The van der Waals surface area contributed by atoms with Gasteiger partial charge in [0, 0.05) is 25.4 Å². The van der Waals surface area contributed by atoms with Gasteiger partial charge in [0.25, 0.3) is 5.91 Å². The minimum atomic E-state index is -0.0870. The van der Waals surface area contributed by atoms with E-state index < -0.39 is 0 Å². The molecule has 0 bridgehead atoms. The fourth-order valence-corrected chi connectivity index (χ4v) is 1.98. The van der Waals surface area contributed by atoms with E-state index in [1.807, 2.05) is 13.8 Å². The van der Waals surface area contributed by atoms with E-state index >= 15 is 0 Å². The highest BCUT2D eigenvalue weighted by atomic mass is 16.3. The smallest absolute Gasteiger partial charge is 0.255 e. The molecule has 0 aliphatic carbocycles. The van der Waals surface area contributed by atoms with E-state index in [0.717, 1.165) is 0 Å². The van der Waals surface area contributed by atoms with E-state index in [1.165, 1.54) is 17.2 Å². The van der Waals surface area contributed by atoms with Crippen molar-refractivity contribution in [2.75, 3.05) is 13.2 Å². The number of aliphatic hydroxyl groups is 1. The molecule has 1 N–H and O–H groups in total. The summed E-state index contributed by atoms with van der Waals surface area (Å²) in [6.07, 6.45) is 5.07. The molecule has 7 heteroatoms. The first kappa shape index (κ1) is 15.1. The zero-order valence-corrected chi connectivity index (χ0v) is 12.2. The number of aliphatic hydroxyl groups excluding tert-OH is 1. The molecular weight excluding hydrogens is 270 g/mol. The fourth-order valence-electron chi connectivity index (χ4n) is 1.98. The maximum Gasteiger partial charge on any atom is 0.255 e. The van der Waals surface area contributed by atoms with Crippen molar-refractivity contribution >= 4 is 5.91 Å². The number of hydrogen-bond donors (Lipinski definition) is 1. The predicted molar refractivity (Wildman–Crippen MR) is 77.0 cm³/mol. The largest absolute Gasteiger partial charge is 0.396 e. The van der Waals surface area contributed by atoms with Crippen molar-refractivity contribution in [3.05, 3.63) is 36.5 Å². The van der Waals surface area contributed by atoms with Gasteiger partial charge in [0.2, 0.25) is 0 Å². The van der Waals surface area contributed by atoms with E-state index in [-0.39, 0.29) is 18.6 Å². The molecule has 2 aromatic heterocycles. The van der Waals surface area contributed by atoms with Gasteiger partial charge in [0.05, 0.1) is 5.56 Å². The lowest BCUT2D eigenvalue weighted by molar-refractivity contribution is 0.0692. The first-order chi connectivity index (χ1) is 10.1. The molecule has 0 saturated carbocycles. The lowest BCUT2D eigenvalue weighted by Crippen LogP contribution is -2.38. The topological polar surface area (TPSA) is 84.1 Å². The van der Waals surface area contributed by atoms with Crippen molar-refractivity contribution in [3.8, 4) is 5.82 Å². The van der Waals surface area contributed by atoms with Gasteiger partial charge < -0.3 is 10.0 Å². The van der Waals surface area contributed by atoms with E-state index in [4.69, 9.17) is 5.11 Å². The van der Waals surface area contributed by atoms with Crippen LogP contribution in [0, 0.1) is 0 Å². The van der Waals surface area contributed by atoms with Crippen LogP contribution >= 0.6 is 0 Å².